The van der Waals surface area contributed by atoms with Crippen LogP contribution in [0.5, 0.6) is 5.75 Å². The van der Waals surface area contributed by atoms with E-state index >= 15 is 0 Å². The fraction of sp³-hybridized carbons (Fsp3) is 0.333. The van der Waals surface area contributed by atoms with Crippen LogP contribution in [-0.4, -0.2) is 47.4 Å². The number of nitrogens with one attached hydrogen (secondary N) is 2. The molecular formula is C24H22FN5O5. The standard InChI is InChI=1S/C24H22FN5O5/c25-15-5-3-13-4-8-20(32)30-11-16(21(15)22(13)30)26-9-1-2-14-10-29(24(33)35-14)18-7-6-17-23(27-18)28-19(31)12-34-17/h3-8,14,16,26H,1-2,9-12H2,(H,27,28,31)/t14-,16+/m0/s1. The van der Waals surface area contributed by atoms with Crippen LogP contribution in [0.3, 0.4) is 0 Å². The van der Waals surface area contributed by atoms with Gasteiger partial charge in [-0.1, -0.05) is 0 Å². The zero-order valence-corrected chi connectivity index (χ0v) is 18.6. The van der Waals surface area contributed by atoms with Crippen molar-refractivity contribution in [2.24, 2.45) is 0 Å². The summed E-state index contributed by atoms with van der Waals surface area (Å²) in [5.74, 6) is 0.470. The minimum Gasteiger partial charge on any atom is -0.480 e. The van der Waals surface area contributed by atoms with Gasteiger partial charge in [0.1, 0.15) is 17.7 Å². The maximum absolute atomic E-state index is 14.6. The first-order chi connectivity index (χ1) is 17.0. The fourth-order valence-corrected chi connectivity index (χ4v) is 4.92. The molecule has 5 heterocycles. The number of cyclic esters (lactones) is 1. The molecule has 11 heteroatoms. The Balaban J connectivity index is 1.06. The number of nitrogens with zero attached hydrogens (tertiary/aromatic N) is 3. The number of fused-ring (bicyclic) bond motifs is 1. The molecule has 1 saturated heterocycles. The van der Waals surface area contributed by atoms with Crippen molar-refractivity contribution >= 4 is 34.5 Å². The Bertz CT molecular complexity index is 1420. The van der Waals surface area contributed by atoms with Gasteiger partial charge in [-0.25, -0.2) is 14.2 Å². The van der Waals surface area contributed by atoms with E-state index in [-0.39, 0.29) is 41.9 Å². The molecule has 0 saturated carbocycles. The Morgan fingerprint density at radius 3 is 2.86 bits per heavy atom. The molecule has 3 aromatic rings. The number of halogens is 1. The SMILES string of the molecule is O=C1COc2ccc(N3C[C@H](CCCN[C@@H]4Cn5c(=O)ccc6ccc(F)c4c65)OC3=O)nc2N1. The van der Waals surface area contributed by atoms with Crippen molar-refractivity contribution in [3.05, 3.63) is 58.1 Å². The first-order valence-corrected chi connectivity index (χ1v) is 11.4. The highest BCUT2D eigenvalue weighted by atomic mass is 19.1. The summed E-state index contributed by atoms with van der Waals surface area (Å²) < 4.78 is 27.0. The van der Waals surface area contributed by atoms with Gasteiger partial charge < -0.3 is 24.7 Å². The van der Waals surface area contributed by atoms with Crippen LogP contribution in [0.2, 0.25) is 0 Å². The molecule has 2 N–H and O–H groups in total. The van der Waals surface area contributed by atoms with Gasteiger partial charge in [0.2, 0.25) is 0 Å². The van der Waals surface area contributed by atoms with Gasteiger partial charge in [-0.15, -0.1) is 0 Å². The summed E-state index contributed by atoms with van der Waals surface area (Å²) in [4.78, 5) is 42.0. The molecule has 10 nitrogen and oxygen atoms in total. The van der Waals surface area contributed by atoms with Crippen LogP contribution in [0.1, 0.15) is 24.4 Å². The third kappa shape index (κ3) is 3.77. The number of carbonyl (C=O) groups is 2. The van der Waals surface area contributed by atoms with Crippen LogP contribution < -0.4 is 25.8 Å². The number of rotatable bonds is 6. The molecule has 0 unspecified atom stereocenters. The molecule has 3 aliphatic rings. The van der Waals surface area contributed by atoms with Crippen molar-refractivity contribution in [1.29, 1.82) is 0 Å². The third-order valence-electron chi connectivity index (χ3n) is 6.55. The Kier molecular flexibility index (Phi) is 5.14. The second kappa shape index (κ2) is 8.35. The van der Waals surface area contributed by atoms with E-state index in [0.717, 1.165) is 5.39 Å². The van der Waals surface area contributed by atoms with E-state index < -0.39 is 6.09 Å². The van der Waals surface area contributed by atoms with Gasteiger partial charge in [-0.2, -0.15) is 0 Å². The smallest absolute Gasteiger partial charge is 0.415 e. The number of carbonyl (C=O) groups excluding carboxylic acids is 2. The summed E-state index contributed by atoms with van der Waals surface area (Å²) in [7, 11) is 0. The number of anilines is 2. The molecular weight excluding hydrogens is 457 g/mol. The molecule has 6 rings (SSSR count). The lowest BCUT2D eigenvalue weighted by molar-refractivity contribution is -0.118. The van der Waals surface area contributed by atoms with E-state index in [4.69, 9.17) is 9.47 Å². The Morgan fingerprint density at radius 1 is 1.11 bits per heavy atom. The maximum atomic E-state index is 14.6. The highest BCUT2D eigenvalue weighted by Gasteiger charge is 2.34. The molecule has 2 aromatic heterocycles. The predicted molar refractivity (Wildman–Crippen MR) is 124 cm³/mol. The van der Waals surface area contributed by atoms with Crippen molar-refractivity contribution in [1.82, 2.24) is 14.9 Å². The van der Waals surface area contributed by atoms with Crippen molar-refractivity contribution in [2.45, 2.75) is 31.5 Å². The molecule has 2 atom stereocenters. The number of pyridine rings is 2. The van der Waals surface area contributed by atoms with E-state index in [1.165, 1.54) is 17.0 Å². The van der Waals surface area contributed by atoms with E-state index in [2.05, 4.69) is 15.6 Å². The van der Waals surface area contributed by atoms with Crippen molar-refractivity contribution in [3.63, 3.8) is 0 Å². The summed E-state index contributed by atoms with van der Waals surface area (Å²) in [6, 6.07) is 9.36. The molecule has 35 heavy (non-hydrogen) atoms. The molecule has 0 aliphatic carbocycles. The summed E-state index contributed by atoms with van der Waals surface area (Å²) >= 11 is 0. The highest BCUT2D eigenvalue weighted by molar-refractivity contribution is 5.95. The topological polar surface area (TPSA) is 115 Å². The second-order valence-electron chi connectivity index (χ2n) is 8.80. The molecule has 2 amide bonds. The largest absolute Gasteiger partial charge is 0.480 e. The van der Waals surface area contributed by atoms with E-state index in [1.54, 1.807) is 28.8 Å². The Hall–Kier alpha value is -3.99. The fourth-order valence-electron chi connectivity index (χ4n) is 4.92. The van der Waals surface area contributed by atoms with Gasteiger partial charge in [0, 0.05) is 18.2 Å². The Labute approximate surface area is 198 Å². The number of hydrogen-bond donors (Lipinski definition) is 2. The number of benzene rings is 1. The molecule has 0 bridgehead atoms. The van der Waals surface area contributed by atoms with Crippen molar-refractivity contribution in [2.75, 3.05) is 29.9 Å². The normalized spacial score (nSPS) is 20.5. The minimum absolute atomic E-state index is 0.0681. The van der Waals surface area contributed by atoms with Crippen LogP contribution in [0, 0.1) is 5.82 Å². The number of hydrogen-bond acceptors (Lipinski definition) is 7. The number of aromatic nitrogens is 2. The lowest BCUT2D eigenvalue weighted by atomic mass is 10.1. The summed E-state index contributed by atoms with van der Waals surface area (Å²) in [6.45, 7) is 1.21. The molecule has 0 radical (unpaired) electrons. The van der Waals surface area contributed by atoms with E-state index in [1.807, 2.05) is 0 Å². The summed E-state index contributed by atoms with van der Waals surface area (Å²) in [5, 5.41) is 6.82. The lowest BCUT2D eigenvalue weighted by Crippen LogP contribution is -2.29. The van der Waals surface area contributed by atoms with Crippen molar-refractivity contribution in [3.8, 4) is 5.75 Å². The first kappa shape index (κ1) is 21.5. The van der Waals surface area contributed by atoms with Crippen LogP contribution in [-0.2, 0) is 16.1 Å². The zero-order chi connectivity index (χ0) is 24.1. The van der Waals surface area contributed by atoms with Gasteiger partial charge in [-0.3, -0.25) is 14.5 Å². The average molecular weight is 479 g/mol. The van der Waals surface area contributed by atoms with Crippen LogP contribution in [0.15, 0.2) is 41.2 Å². The summed E-state index contributed by atoms with van der Waals surface area (Å²) in [6.07, 6.45) is 0.466. The highest BCUT2D eigenvalue weighted by Crippen LogP contribution is 2.33. The van der Waals surface area contributed by atoms with Gasteiger partial charge >= 0.3 is 6.09 Å². The molecule has 180 valence electrons. The van der Waals surface area contributed by atoms with E-state index in [9.17, 15) is 18.8 Å². The monoisotopic (exact) mass is 479 g/mol. The summed E-state index contributed by atoms with van der Waals surface area (Å²) in [5.41, 5.74) is 1.02. The van der Waals surface area contributed by atoms with Gasteiger partial charge in [0.05, 0.1) is 18.1 Å². The van der Waals surface area contributed by atoms with Crippen LogP contribution in [0.4, 0.5) is 20.8 Å². The number of ether oxygens (including phenoxy) is 2. The molecule has 3 aliphatic heterocycles. The molecule has 1 aromatic carbocycles. The van der Waals surface area contributed by atoms with Gasteiger partial charge in [0.25, 0.3) is 11.5 Å². The molecule has 1 fully saturated rings. The van der Waals surface area contributed by atoms with Gasteiger partial charge in [0.15, 0.2) is 18.2 Å². The third-order valence-corrected chi connectivity index (χ3v) is 6.55. The number of amides is 2. The molecule has 0 spiro atoms. The first-order valence-electron chi connectivity index (χ1n) is 11.4. The quantitative estimate of drug-likeness (QED) is 0.522. The average Bonchev–Trinajstić information content (AvgIpc) is 3.42. The lowest BCUT2D eigenvalue weighted by Gasteiger charge is -2.19. The van der Waals surface area contributed by atoms with Crippen LogP contribution in [0.25, 0.3) is 10.9 Å². The van der Waals surface area contributed by atoms with Crippen molar-refractivity contribution < 1.29 is 23.5 Å². The van der Waals surface area contributed by atoms with E-state index in [0.29, 0.717) is 55.1 Å². The Morgan fingerprint density at radius 2 is 1.97 bits per heavy atom. The van der Waals surface area contributed by atoms with Crippen LogP contribution >= 0.6 is 0 Å². The van der Waals surface area contributed by atoms with Gasteiger partial charge in [-0.05, 0) is 55.1 Å². The maximum Gasteiger partial charge on any atom is 0.415 e. The minimum atomic E-state index is -0.502. The zero-order valence-electron chi connectivity index (χ0n) is 18.6. The second-order valence-corrected chi connectivity index (χ2v) is 8.80. The predicted octanol–water partition coefficient (Wildman–Crippen LogP) is 2.32.